The number of nitrogens with zero attached hydrogens (tertiary/aromatic N) is 2. The largest absolute Gasteiger partial charge is 0.310 e. The highest BCUT2D eigenvalue weighted by atomic mass is 35.5. The first-order chi connectivity index (χ1) is 10.9. The molecule has 0 unspecified atom stereocenters. The van der Waals surface area contributed by atoms with Crippen molar-refractivity contribution in [1.82, 2.24) is 9.78 Å². The highest BCUT2D eigenvalue weighted by Crippen LogP contribution is 2.16. The van der Waals surface area contributed by atoms with Gasteiger partial charge in [-0.15, -0.1) is 0 Å². The highest BCUT2D eigenvalue weighted by molar-refractivity contribution is 7.92. The first-order valence-corrected chi connectivity index (χ1v) is 9.25. The minimum atomic E-state index is -3.71. The number of carbonyl (C=O) groups is 1. The van der Waals surface area contributed by atoms with Crippen LogP contribution in [-0.2, 0) is 21.2 Å². The Morgan fingerprint density at radius 3 is 2.61 bits per heavy atom. The van der Waals surface area contributed by atoms with Crippen molar-refractivity contribution in [2.45, 2.75) is 31.2 Å². The van der Waals surface area contributed by atoms with Crippen molar-refractivity contribution in [2.75, 3.05) is 11.1 Å². The van der Waals surface area contributed by atoms with Gasteiger partial charge in [0.2, 0.25) is 5.91 Å². The number of anilines is 1. The minimum Gasteiger partial charge on any atom is -0.310 e. The van der Waals surface area contributed by atoms with Crippen molar-refractivity contribution >= 4 is 33.2 Å². The Labute approximate surface area is 140 Å². The van der Waals surface area contributed by atoms with Crippen LogP contribution in [0.2, 0.25) is 5.02 Å². The van der Waals surface area contributed by atoms with Gasteiger partial charge in [-0.1, -0.05) is 24.9 Å². The molecule has 0 aliphatic carbocycles. The molecule has 0 aliphatic heterocycles. The molecule has 0 spiro atoms. The number of rotatable bonds is 7. The van der Waals surface area contributed by atoms with Gasteiger partial charge in [-0.25, -0.2) is 13.1 Å². The molecule has 0 atom stereocenters. The van der Waals surface area contributed by atoms with E-state index >= 15 is 0 Å². The van der Waals surface area contributed by atoms with E-state index in [1.165, 1.54) is 24.3 Å². The molecular weight excluding hydrogens is 338 g/mol. The van der Waals surface area contributed by atoms with Crippen LogP contribution in [0.25, 0.3) is 0 Å². The maximum atomic E-state index is 12.2. The van der Waals surface area contributed by atoms with Gasteiger partial charge in [-0.3, -0.25) is 4.79 Å². The zero-order valence-electron chi connectivity index (χ0n) is 12.7. The molecule has 0 bridgehead atoms. The second-order valence-corrected chi connectivity index (χ2v) is 7.48. The van der Waals surface area contributed by atoms with Crippen LogP contribution in [-0.4, -0.2) is 29.9 Å². The van der Waals surface area contributed by atoms with E-state index in [9.17, 15) is 13.2 Å². The Balaban J connectivity index is 2.04. The van der Waals surface area contributed by atoms with Crippen LogP contribution in [0.5, 0.6) is 0 Å². The number of unbranched alkanes of at least 4 members (excludes halogenated alkanes) is 1. The fourth-order valence-corrected chi connectivity index (χ4v) is 3.26. The van der Waals surface area contributed by atoms with E-state index in [1.807, 2.05) is 0 Å². The summed E-state index contributed by atoms with van der Waals surface area (Å²) >= 11 is 5.74. The summed E-state index contributed by atoms with van der Waals surface area (Å²) in [4.78, 5) is 12.1. The average Bonchev–Trinajstić information content (AvgIpc) is 2.92. The van der Waals surface area contributed by atoms with Crippen LogP contribution in [0.1, 0.15) is 19.8 Å². The third kappa shape index (κ3) is 4.80. The number of hydrogen-bond donors (Lipinski definition) is 1. The van der Waals surface area contributed by atoms with Gasteiger partial charge < -0.3 is 5.32 Å². The molecular formula is C15H18ClN3O3S. The molecule has 1 aromatic carbocycles. The van der Waals surface area contributed by atoms with E-state index < -0.39 is 21.5 Å². The van der Waals surface area contributed by atoms with Gasteiger partial charge in [0, 0.05) is 17.6 Å². The first-order valence-electron chi connectivity index (χ1n) is 7.22. The standard InChI is InChI=1S/C15H18ClN3O3S/c1-2-3-10-19-14(8-9-17-19)18-15(20)11-23(21,22)13-6-4-12(16)5-7-13/h4-9H,2-3,10-11H2,1H3,(H,18,20). The number of benzene rings is 1. The number of amides is 1. The van der Waals surface area contributed by atoms with Crippen molar-refractivity contribution in [3.05, 3.63) is 41.6 Å². The quantitative estimate of drug-likeness (QED) is 0.828. The number of aromatic nitrogens is 2. The van der Waals surface area contributed by atoms with Gasteiger partial charge in [-0.05, 0) is 30.7 Å². The summed E-state index contributed by atoms with van der Waals surface area (Å²) in [7, 11) is -3.71. The Hall–Kier alpha value is -1.86. The molecule has 0 saturated heterocycles. The second kappa shape index (κ2) is 7.61. The van der Waals surface area contributed by atoms with Gasteiger partial charge in [0.25, 0.3) is 0 Å². The maximum Gasteiger partial charge on any atom is 0.241 e. The topological polar surface area (TPSA) is 81.1 Å². The Morgan fingerprint density at radius 2 is 1.96 bits per heavy atom. The van der Waals surface area contributed by atoms with Crippen LogP contribution in [0, 0.1) is 0 Å². The van der Waals surface area contributed by atoms with Crippen molar-refractivity contribution < 1.29 is 13.2 Å². The van der Waals surface area contributed by atoms with Crippen LogP contribution in [0.3, 0.4) is 0 Å². The summed E-state index contributed by atoms with van der Waals surface area (Å²) in [5, 5.41) is 7.14. The summed E-state index contributed by atoms with van der Waals surface area (Å²) < 4.78 is 26.1. The molecule has 8 heteroatoms. The molecule has 1 heterocycles. The Bertz CT molecular complexity index is 770. The fraction of sp³-hybridized carbons (Fsp3) is 0.333. The lowest BCUT2D eigenvalue weighted by atomic mass is 10.3. The normalized spacial score (nSPS) is 11.4. The van der Waals surface area contributed by atoms with Crippen LogP contribution < -0.4 is 5.32 Å². The van der Waals surface area contributed by atoms with Crippen molar-refractivity contribution in [3.8, 4) is 0 Å². The first kappa shape index (κ1) is 17.5. The summed E-state index contributed by atoms with van der Waals surface area (Å²) in [6.07, 6.45) is 3.49. The summed E-state index contributed by atoms with van der Waals surface area (Å²) in [6.45, 7) is 2.73. The molecule has 6 nitrogen and oxygen atoms in total. The number of nitrogens with one attached hydrogen (secondary N) is 1. The zero-order chi connectivity index (χ0) is 16.9. The molecule has 0 aliphatic rings. The molecule has 1 aromatic heterocycles. The van der Waals surface area contributed by atoms with E-state index in [0.29, 0.717) is 17.4 Å². The number of carbonyl (C=O) groups excluding carboxylic acids is 1. The smallest absolute Gasteiger partial charge is 0.241 e. The Morgan fingerprint density at radius 1 is 1.26 bits per heavy atom. The lowest BCUT2D eigenvalue weighted by molar-refractivity contribution is -0.113. The Kier molecular flexibility index (Phi) is 5.79. The predicted molar refractivity (Wildman–Crippen MR) is 89.3 cm³/mol. The van der Waals surface area contributed by atoms with Crippen molar-refractivity contribution in [1.29, 1.82) is 0 Å². The molecule has 0 radical (unpaired) electrons. The average molecular weight is 356 g/mol. The number of aryl methyl sites for hydroxylation is 1. The molecule has 23 heavy (non-hydrogen) atoms. The van der Waals surface area contributed by atoms with E-state index in [-0.39, 0.29) is 4.90 Å². The SMILES string of the molecule is CCCCn1nccc1NC(=O)CS(=O)(=O)c1ccc(Cl)cc1. The maximum absolute atomic E-state index is 12.2. The van der Waals surface area contributed by atoms with Gasteiger partial charge in [0.05, 0.1) is 11.1 Å². The van der Waals surface area contributed by atoms with Gasteiger partial charge in [0.1, 0.15) is 11.6 Å². The molecule has 2 rings (SSSR count). The molecule has 124 valence electrons. The molecule has 0 saturated carbocycles. The van der Waals surface area contributed by atoms with Crippen molar-refractivity contribution in [2.24, 2.45) is 0 Å². The van der Waals surface area contributed by atoms with Crippen molar-refractivity contribution in [3.63, 3.8) is 0 Å². The predicted octanol–water partition coefficient (Wildman–Crippen LogP) is 2.75. The lowest BCUT2D eigenvalue weighted by Gasteiger charge is -2.09. The summed E-state index contributed by atoms with van der Waals surface area (Å²) in [6, 6.07) is 7.37. The molecule has 1 N–H and O–H groups in total. The monoisotopic (exact) mass is 355 g/mol. The highest BCUT2D eigenvalue weighted by Gasteiger charge is 2.20. The van der Waals surface area contributed by atoms with Gasteiger partial charge >= 0.3 is 0 Å². The molecule has 2 aromatic rings. The van der Waals surface area contributed by atoms with E-state index in [1.54, 1.807) is 16.9 Å². The number of sulfone groups is 1. The number of halogens is 1. The van der Waals surface area contributed by atoms with Crippen LogP contribution >= 0.6 is 11.6 Å². The lowest BCUT2D eigenvalue weighted by Crippen LogP contribution is -2.24. The van der Waals surface area contributed by atoms with E-state index in [4.69, 9.17) is 11.6 Å². The molecule has 0 fully saturated rings. The minimum absolute atomic E-state index is 0.0662. The van der Waals surface area contributed by atoms with E-state index in [2.05, 4.69) is 17.3 Å². The second-order valence-electron chi connectivity index (χ2n) is 5.05. The zero-order valence-corrected chi connectivity index (χ0v) is 14.3. The summed E-state index contributed by atoms with van der Waals surface area (Å²) in [5.74, 6) is -0.735. The van der Waals surface area contributed by atoms with Crippen LogP contribution in [0.15, 0.2) is 41.4 Å². The van der Waals surface area contributed by atoms with Gasteiger partial charge in [-0.2, -0.15) is 5.10 Å². The molecule has 1 amide bonds. The third-order valence-electron chi connectivity index (χ3n) is 3.20. The fourth-order valence-electron chi connectivity index (χ4n) is 2.00. The van der Waals surface area contributed by atoms with Crippen LogP contribution in [0.4, 0.5) is 5.82 Å². The number of hydrogen-bond acceptors (Lipinski definition) is 4. The third-order valence-corrected chi connectivity index (χ3v) is 5.09. The van der Waals surface area contributed by atoms with E-state index in [0.717, 1.165) is 12.8 Å². The van der Waals surface area contributed by atoms with Gasteiger partial charge in [0.15, 0.2) is 9.84 Å². The summed E-state index contributed by atoms with van der Waals surface area (Å²) in [5.41, 5.74) is 0.